The molecule has 1 aromatic carbocycles. The summed E-state index contributed by atoms with van der Waals surface area (Å²) < 4.78 is 2.13. The predicted octanol–water partition coefficient (Wildman–Crippen LogP) is 3.97. The van der Waals surface area contributed by atoms with E-state index in [4.69, 9.17) is 0 Å². The Kier molecular flexibility index (Phi) is 5.50. The first-order valence-corrected chi connectivity index (χ1v) is 8.43. The number of nitrogens with one attached hydrogen (secondary N) is 1. The van der Waals surface area contributed by atoms with E-state index in [1.807, 2.05) is 13.8 Å². The van der Waals surface area contributed by atoms with Gasteiger partial charge in [0.15, 0.2) is 0 Å². The Hall–Kier alpha value is -2.07. The Morgan fingerprint density at radius 3 is 2.42 bits per heavy atom. The van der Waals surface area contributed by atoms with Crippen molar-refractivity contribution >= 4 is 5.97 Å². The van der Waals surface area contributed by atoms with Crippen LogP contribution in [-0.4, -0.2) is 21.7 Å². The number of carbonyl (C=O) groups is 1. The molecule has 1 heterocycles. The van der Waals surface area contributed by atoms with Crippen LogP contribution < -0.4 is 5.32 Å². The van der Waals surface area contributed by atoms with E-state index >= 15 is 0 Å². The first-order chi connectivity index (χ1) is 11.2. The van der Waals surface area contributed by atoms with Gasteiger partial charge in [0.1, 0.15) is 0 Å². The minimum atomic E-state index is -0.851. The van der Waals surface area contributed by atoms with Crippen molar-refractivity contribution in [2.45, 2.75) is 60.7 Å². The molecule has 0 aliphatic heterocycles. The maximum atomic E-state index is 11.8. The Labute approximate surface area is 144 Å². The molecule has 0 spiro atoms. The molecular weight excluding hydrogens is 300 g/mol. The smallest absolute Gasteiger partial charge is 0.337 e. The second-order valence-electron chi connectivity index (χ2n) is 6.88. The van der Waals surface area contributed by atoms with Crippen LogP contribution in [0.4, 0.5) is 0 Å². The highest BCUT2D eigenvalue weighted by Gasteiger charge is 2.22. The highest BCUT2D eigenvalue weighted by molar-refractivity contribution is 5.91. The number of hydrogen-bond donors (Lipinski definition) is 2. The molecule has 0 unspecified atom stereocenters. The Balaban J connectivity index is 2.48. The summed E-state index contributed by atoms with van der Waals surface area (Å²) in [5.74, 6) is -0.851. The second-order valence-corrected chi connectivity index (χ2v) is 6.88. The third-order valence-corrected chi connectivity index (χ3v) is 4.64. The fraction of sp³-hybridized carbons (Fsp3) is 0.450. The molecule has 4 nitrogen and oxygen atoms in total. The fourth-order valence-corrected chi connectivity index (χ4v) is 3.13. The molecule has 0 saturated carbocycles. The predicted molar refractivity (Wildman–Crippen MR) is 97.9 cm³/mol. The maximum Gasteiger partial charge on any atom is 0.337 e. The number of nitrogens with zero attached hydrogens (tertiary/aromatic N) is 1. The van der Waals surface area contributed by atoms with E-state index < -0.39 is 5.97 Å². The average Bonchev–Trinajstić information content (AvgIpc) is 2.72. The van der Waals surface area contributed by atoms with Crippen molar-refractivity contribution in [2.75, 3.05) is 0 Å². The van der Waals surface area contributed by atoms with Gasteiger partial charge in [0.25, 0.3) is 0 Å². The molecule has 0 aliphatic carbocycles. The molecule has 0 fully saturated rings. The summed E-state index contributed by atoms with van der Waals surface area (Å²) in [4.78, 5) is 11.8. The van der Waals surface area contributed by atoms with Gasteiger partial charge in [0.05, 0.1) is 5.56 Å². The summed E-state index contributed by atoms with van der Waals surface area (Å²) in [6.45, 7) is 13.5. The van der Waals surface area contributed by atoms with Gasteiger partial charge in [-0.05, 0) is 38.8 Å². The Bertz CT molecular complexity index is 757. The number of aromatic nitrogens is 1. The largest absolute Gasteiger partial charge is 0.478 e. The molecule has 0 aliphatic rings. The molecule has 0 radical (unpaired) electrons. The molecule has 4 heteroatoms. The third kappa shape index (κ3) is 3.70. The lowest BCUT2D eigenvalue weighted by atomic mass is 10.1. The molecule has 130 valence electrons. The van der Waals surface area contributed by atoms with Crippen molar-refractivity contribution in [1.82, 2.24) is 9.88 Å². The summed E-state index contributed by atoms with van der Waals surface area (Å²) in [5, 5.41) is 13.0. The molecule has 2 N–H and O–H groups in total. The lowest BCUT2D eigenvalue weighted by molar-refractivity contribution is 0.0694. The van der Waals surface area contributed by atoms with E-state index in [0.717, 1.165) is 17.0 Å². The van der Waals surface area contributed by atoms with Crippen LogP contribution >= 0.6 is 0 Å². The zero-order valence-corrected chi connectivity index (χ0v) is 15.5. The molecule has 0 saturated heterocycles. The van der Waals surface area contributed by atoms with Crippen molar-refractivity contribution in [3.05, 3.63) is 57.4 Å². The van der Waals surface area contributed by atoms with E-state index in [-0.39, 0.29) is 0 Å². The summed E-state index contributed by atoms with van der Waals surface area (Å²) in [6.07, 6.45) is 0. The normalized spacial score (nSPS) is 11.3. The van der Waals surface area contributed by atoms with Gasteiger partial charge >= 0.3 is 5.97 Å². The SMILES string of the molecule is Cc1ccc(C)c(Cn2c(C)c(CNC(C)C)c(C(=O)O)c2C)c1. The fourth-order valence-electron chi connectivity index (χ4n) is 3.13. The highest BCUT2D eigenvalue weighted by atomic mass is 16.4. The van der Waals surface area contributed by atoms with E-state index in [1.165, 1.54) is 16.7 Å². The van der Waals surface area contributed by atoms with Crippen LogP contribution in [0.3, 0.4) is 0 Å². The number of hydrogen-bond acceptors (Lipinski definition) is 2. The number of carboxylic acid groups (broad SMARTS) is 1. The van der Waals surface area contributed by atoms with Gasteiger partial charge in [0.2, 0.25) is 0 Å². The van der Waals surface area contributed by atoms with Crippen LogP contribution in [0.15, 0.2) is 18.2 Å². The summed E-state index contributed by atoms with van der Waals surface area (Å²) in [6, 6.07) is 6.72. The first-order valence-electron chi connectivity index (χ1n) is 8.43. The molecule has 2 aromatic rings. The van der Waals surface area contributed by atoms with Crippen molar-refractivity contribution < 1.29 is 9.90 Å². The highest BCUT2D eigenvalue weighted by Crippen LogP contribution is 2.25. The number of rotatable bonds is 6. The molecular formula is C20H28N2O2. The van der Waals surface area contributed by atoms with E-state index in [1.54, 1.807) is 0 Å². The van der Waals surface area contributed by atoms with Gasteiger partial charge < -0.3 is 15.0 Å². The summed E-state index contributed by atoms with van der Waals surface area (Å²) in [5.41, 5.74) is 6.85. The molecule has 0 atom stereocenters. The van der Waals surface area contributed by atoms with Crippen LogP contribution in [-0.2, 0) is 13.1 Å². The van der Waals surface area contributed by atoms with Crippen LogP contribution in [0.5, 0.6) is 0 Å². The average molecular weight is 328 g/mol. The monoisotopic (exact) mass is 328 g/mol. The van der Waals surface area contributed by atoms with Gasteiger partial charge in [-0.15, -0.1) is 0 Å². The lowest BCUT2D eigenvalue weighted by Gasteiger charge is -2.13. The molecule has 24 heavy (non-hydrogen) atoms. The van der Waals surface area contributed by atoms with Crippen molar-refractivity contribution in [3.8, 4) is 0 Å². The number of aromatic carboxylic acids is 1. The van der Waals surface area contributed by atoms with Crippen LogP contribution in [0.25, 0.3) is 0 Å². The number of aryl methyl sites for hydroxylation is 2. The molecule has 1 aromatic heterocycles. The van der Waals surface area contributed by atoms with Gasteiger partial charge in [-0.3, -0.25) is 0 Å². The van der Waals surface area contributed by atoms with Crippen molar-refractivity contribution in [2.24, 2.45) is 0 Å². The van der Waals surface area contributed by atoms with Gasteiger partial charge in [-0.1, -0.05) is 37.6 Å². The van der Waals surface area contributed by atoms with Crippen LogP contribution in [0, 0.1) is 27.7 Å². The van der Waals surface area contributed by atoms with Gasteiger partial charge in [0, 0.05) is 36.1 Å². The standard InChI is InChI=1S/C20H28N2O2/c1-12(2)21-10-18-15(5)22(16(6)19(18)20(23)24)11-17-9-13(3)7-8-14(17)4/h7-9,12,21H,10-11H2,1-6H3,(H,23,24). The van der Waals surface area contributed by atoms with Crippen LogP contribution in [0.2, 0.25) is 0 Å². The van der Waals surface area contributed by atoms with Crippen LogP contribution in [0.1, 0.15) is 57.8 Å². The Morgan fingerprint density at radius 2 is 1.83 bits per heavy atom. The summed E-state index contributed by atoms with van der Waals surface area (Å²) in [7, 11) is 0. The topological polar surface area (TPSA) is 54.3 Å². The zero-order valence-electron chi connectivity index (χ0n) is 15.5. The van der Waals surface area contributed by atoms with E-state index in [0.29, 0.717) is 24.7 Å². The maximum absolute atomic E-state index is 11.8. The number of carboxylic acids is 1. The zero-order chi connectivity index (χ0) is 18.0. The van der Waals surface area contributed by atoms with E-state index in [2.05, 4.69) is 55.8 Å². The number of benzene rings is 1. The second kappa shape index (κ2) is 7.22. The molecule has 2 rings (SSSR count). The molecule has 0 bridgehead atoms. The van der Waals surface area contributed by atoms with Gasteiger partial charge in [-0.2, -0.15) is 0 Å². The lowest BCUT2D eigenvalue weighted by Crippen LogP contribution is -2.23. The minimum Gasteiger partial charge on any atom is -0.478 e. The van der Waals surface area contributed by atoms with Crippen molar-refractivity contribution in [1.29, 1.82) is 0 Å². The third-order valence-electron chi connectivity index (χ3n) is 4.64. The first kappa shape index (κ1) is 18.3. The molecule has 0 amide bonds. The van der Waals surface area contributed by atoms with E-state index in [9.17, 15) is 9.90 Å². The minimum absolute atomic E-state index is 0.314. The van der Waals surface area contributed by atoms with Gasteiger partial charge in [-0.25, -0.2) is 4.79 Å². The Morgan fingerprint density at radius 1 is 1.17 bits per heavy atom. The summed E-state index contributed by atoms with van der Waals surface area (Å²) >= 11 is 0. The van der Waals surface area contributed by atoms with Crippen molar-refractivity contribution in [3.63, 3.8) is 0 Å². The quantitative estimate of drug-likeness (QED) is 0.844.